The lowest BCUT2D eigenvalue weighted by Crippen LogP contribution is -2.12. The number of anilines is 2. The molecule has 2 aromatic rings. The van der Waals surface area contributed by atoms with Crippen molar-refractivity contribution in [1.29, 1.82) is 0 Å². The molecular formula is C13H20N6O. The largest absolute Gasteiger partial charge is 0.383 e. The fraction of sp³-hybridized carbons (Fsp3) is 0.462. The number of rotatable bonds is 7. The molecular weight excluding hydrogens is 256 g/mol. The zero-order valence-electron chi connectivity index (χ0n) is 12.0. The van der Waals surface area contributed by atoms with Crippen LogP contribution in [0.15, 0.2) is 18.5 Å². The summed E-state index contributed by atoms with van der Waals surface area (Å²) in [5, 5.41) is 13.4. The number of ether oxygens (including phenoxy) is 1. The Labute approximate surface area is 118 Å². The third-order valence-corrected chi connectivity index (χ3v) is 2.60. The molecule has 0 saturated carbocycles. The molecule has 0 unspecified atom stereocenters. The maximum atomic E-state index is 5.02. The standard InChI is InChI=1S/C13H20N6O/c1-9(2)17-13-15-5-4-11(18-13)10-8-16-19-12(10)14-6-7-20-3/h4-5,8-9H,6-7H2,1-3H3,(H2,14,16,19)(H,15,17,18). The van der Waals surface area contributed by atoms with E-state index in [4.69, 9.17) is 4.74 Å². The Kier molecular flexibility index (Phi) is 4.89. The molecule has 0 amide bonds. The van der Waals surface area contributed by atoms with Crippen LogP contribution in [0.4, 0.5) is 11.8 Å². The van der Waals surface area contributed by atoms with Crippen LogP contribution in [0.25, 0.3) is 11.3 Å². The van der Waals surface area contributed by atoms with Crippen LogP contribution in [0.2, 0.25) is 0 Å². The highest BCUT2D eigenvalue weighted by Gasteiger charge is 2.10. The van der Waals surface area contributed by atoms with E-state index in [9.17, 15) is 0 Å². The second kappa shape index (κ2) is 6.85. The molecule has 2 rings (SSSR count). The number of aromatic nitrogens is 4. The summed E-state index contributed by atoms with van der Waals surface area (Å²) in [5.74, 6) is 1.44. The number of hydrogen-bond acceptors (Lipinski definition) is 6. The summed E-state index contributed by atoms with van der Waals surface area (Å²) < 4.78 is 5.02. The highest BCUT2D eigenvalue weighted by Crippen LogP contribution is 2.24. The molecule has 2 aromatic heterocycles. The van der Waals surface area contributed by atoms with Crippen molar-refractivity contribution in [3.05, 3.63) is 18.5 Å². The van der Waals surface area contributed by atoms with Crippen LogP contribution in [0.5, 0.6) is 0 Å². The van der Waals surface area contributed by atoms with Crippen LogP contribution in [0.3, 0.4) is 0 Å². The first-order valence-electron chi connectivity index (χ1n) is 6.57. The molecule has 3 N–H and O–H groups in total. The summed E-state index contributed by atoms with van der Waals surface area (Å²) >= 11 is 0. The molecule has 0 radical (unpaired) electrons. The van der Waals surface area contributed by atoms with Gasteiger partial charge in [0.1, 0.15) is 5.82 Å². The van der Waals surface area contributed by atoms with Gasteiger partial charge in [-0.1, -0.05) is 0 Å². The lowest BCUT2D eigenvalue weighted by atomic mass is 10.2. The van der Waals surface area contributed by atoms with Crippen molar-refractivity contribution in [2.75, 3.05) is 30.9 Å². The molecule has 108 valence electrons. The zero-order chi connectivity index (χ0) is 14.4. The van der Waals surface area contributed by atoms with Crippen molar-refractivity contribution in [2.24, 2.45) is 0 Å². The quantitative estimate of drug-likeness (QED) is 0.668. The van der Waals surface area contributed by atoms with Gasteiger partial charge >= 0.3 is 0 Å². The van der Waals surface area contributed by atoms with Gasteiger partial charge < -0.3 is 15.4 Å². The van der Waals surface area contributed by atoms with Gasteiger partial charge in [-0.3, -0.25) is 5.10 Å². The molecule has 7 heteroatoms. The third-order valence-electron chi connectivity index (χ3n) is 2.60. The lowest BCUT2D eigenvalue weighted by molar-refractivity contribution is 0.210. The Balaban J connectivity index is 2.16. The Hall–Kier alpha value is -2.15. The van der Waals surface area contributed by atoms with E-state index in [0.717, 1.165) is 17.1 Å². The topological polar surface area (TPSA) is 87.8 Å². The molecule has 0 bridgehead atoms. The van der Waals surface area contributed by atoms with Gasteiger partial charge in [0.25, 0.3) is 0 Å². The highest BCUT2D eigenvalue weighted by atomic mass is 16.5. The van der Waals surface area contributed by atoms with Gasteiger partial charge in [0.2, 0.25) is 5.95 Å². The molecule has 7 nitrogen and oxygen atoms in total. The summed E-state index contributed by atoms with van der Waals surface area (Å²) in [6.07, 6.45) is 3.48. The Morgan fingerprint density at radius 3 is 3.00 bits per heavy atom. The van der Waals surface area contributed by atoms with E-state index in [1.165, 1.54) is 0 Å². The molecule has 0 aliphatic carbocycles. The van der Waals surface area contributed by atoms with Crippen LogP contribution < -0.4 is 10.6 Å². The lowest BCUT2D eigenvalue weighted by Gasteiger charge is -2.09. The normalized spacial score (nSPS) is 10.8. The average Bonchev–Trinajstić information content (AvgIpc) is 2.87. The first kappa shape index (κ1) is 14.3. The second-order valence-corrected chi connectivity index (χ2v) is 4.64. The highest BCUT2D eigenvalue weighted by molar-refractivity contribution is 5.72. The van der Waals surface area contributed by atoms with Crippen molar-refractivity contribution in [3.8, 4) is 11.3 Å². The molecule has 2 heterocycles. The van der Waals surface area contributed by atoms with Crippen LogP contribution in [-0.2, 0) is 4.74 Å². The maximum absolute atomic E-state index is 5.02. The fourth-order valence-electron chi connectivity index (χ4n) is 1.73. The molecule has 0 atom stereocenters. The van der Waals surface area contributed by atoms with E-state index in [0.29, 0.717) is 19.1 Å². The molecule has 0 spiro atoms. The Bertz CT molecular complexity index is 539. The maximum Gasteiger partial charge on any atom is 0.223 e. The average molecular weight is 276 g/mol. The van der Waals surface area contributed by atoms with Crippen LogP contribution in [0.1, 0.15) is 13.8 Å². The van der Waals surface area contributed by atoms with Crippen molar-refractivity contribution < 1.29 is 4.74 Å². The Morgan fingerprint density at radius 1 is 1.40 bits per heavy atom. The van der Waals surface area contributed by atoms with Crippen molar-refractivity contribution >= 4 is 11.8 Å². The molecule has 0 aromatic carbocycles. The monoisotopic (exact) mass is 276 g/mol. The molecule has 0 aliphatic heterocycles. The van der Waals surface area contributed by atoms with Crippen LogP contribution >= 0.6 is 0 Å². The van der Waals surface area contributed by atoms with Crippen LogP contribution in [0, 0.1) is 0 Å². The number of hydrogen-bond donors (Lipinski definition) is 3. The smallest absolute Gasteiger partial charge is 0.223 e. The van der Waals surface area contributed by atoms with Gasteiger partial charge in [0.15, 0.2) is 0 Å². The predicted octanol–water partition coefficient (Wildman–Crippen LogP) is 1.75. The summed E-state index contributed by atoms with van der Waals surface area (Å²) in [7, 11) is 1.67. The minimum absolute atomic E-state index is 0.286. The molecule has 0 aliphatic rings. The molecule has 0 saturated heterocycles. The summed E-state index contributed by atoms with van der Waals surface area (Å²) in [6, 6.07) is 2.15. The summed E-state index contributed by atoms with van der Waals surface area (Å²) in [4.78, 5) is 8.69. The second-order valence-electron chi connectivity index (χ2n) is 4.64. The zero-order valence-corrected chi connectivity index (χ0v) is 12.0. The number of aromatic amines is 1. The predicted molar refractivity (Wildman–Crippen MR) is 78.7 cm³/mol. The fourth-order valence-corrected chi connectivity index (χ4v) is 1.73. The molecule has 20 heavy (non-hydrogen) atoms. The van der Waals surface area contributed by atoms with E-state index >= 15 is 0 Å². The van der Waals surface area contributed by atoms with Gasteiger partial charge in [-0.05, 0) is 19.9 Å². The minimum Gasteiger partial charge on any atom is -0.383 e. The number of methoxy groups -OCH3 is 1. The van der Waals surface area contributed by atoms with Crippen LogP contribution in [-0.4, -0.2) is 46.5 Å². The van der Waals surface area contributed by atoms with Crippen molar-refractivity contribution in [1.82, 2.24) is 20.2 Å². The SMILES string of the molecule is COCCNc1[nH]ncc1-c1ccnc(NC(C)C)n1. The number of nitrogens with zero attached hydrogens (tertiary/aromatic N) is 3. The Morgan fingerprint density at radius 2 is 2.25 bits per heavy atom. The van der Waals surface area contributed by atoms with E-state index in [2.05, 4.69) is 30.8 Å². The van der Waals surface area contributed by atoms with Gasteiger partial charge in [-0.2, -0.15) is 5.10 Å². The first-order chi connectivity index (χ1) is 9.70. The van der Waals surface area contributed by atoms with Gasteiger partial charge in [0, 0.05) is 25.9 Å². The first-order valence-corrected chi connectivity index (χ1v) is 6.57. The van der Waals surface area contributed by atoms with Gasteiger partial charge in [0.05, 0.1) is 24.1 Å². The van der Waals surface area contributed by atoms with Gasteiger partial charge in [-0.15, -0.1) is 0 Å². The van der Waals surface area contributed by atoms with Crippen molar-refractivity contribution in [2.45, 2.75) is 19.9 Å². The van der Waals surface area contributed by atoms with E-state index < -0.39 is 0 Å². The minimum atomic E-state index is 0.286. The van der Waals surface area contributed by atoms with Crippen molar-refractivity contribution in [3.63, 3.8) is 0 Å². The summed E-state index contributed by atoms with van der Waals surface area (Å²) in [5.41, 5.74) is 1.73. The molecule has 0 fully saturated rings. The van der Waals surface area contributed by atoms with E-state index in [1.54, 1.807) is 19.5 Å². The van der Waals surface area contributed by atoms with E-state index in [1.807, 2.05) is 19.9 Å². The van der Waals surface area contributed by atoms with E-state index in [-0.39, 0.29) is 6.04 Å². The number of nitrogens with one attached hydrogen (secondary N) is 3. The summed E-state index contributed by atoms with van der Waals surface area (Å²) in [6.45, 7) is 5.42. The third kappa shape index (κ3) is 3.67. The number of H-pyrrole nitrogens is 1. The van der Waals surface area contributed by atoms with Gasteiger partial charge in [-0.25, -0.2) is 9.97 Å².